The van der Waals surface area contributed by atoms with E-state index in [9.17, 15) is 0 Å². The minimum atomic E-state index is -0.242. The highest BCUT2D eigenvalue weighted by Crippen LogP contribution is 2.33. The summed E-state index contributed by atoms with van der Waals surface area (Å²) in [7, 11) is 1.67. The van der Waals surface area contributed by atoms with Gasteiger partial charge in [0.1, 0.15) is 5.75 Å². The van der Waals surface area contributed by atoms with Gasteiger partial charge in [0.15, 0.2) is 0 Å². The molecule has 0 aromatic heterocycles. The summed E-state index contributed by atoms with van der Waals surface area (Å²) in [5.41, 5.74) is 9.06. The van der Waals surface area contributed by atoms with Gasteiger partial charge < -0.3 is 10.5 Å². The summed E-state index contributed by atoms with van der Waals surface area (Å²) in [6, 6.07) is 1.99. The molecule has 0 aliphatic heterocycles. The second-order valence-corrected chi connectivity index (χ2v) is 5.37. The monoisotopic (exact) mass is 241 g/mol. The fourth-order valence-electron chi connectivity index (χ4n) is 1.89. The van der Waals surface area contributed by atoms with Crippen LogP contribution in [0.3, 0.4) is 0 Å². The van der Waals surface area contributed by atoms with Crippen LogP contribution in [0.25, 0.3) is 0 Å². The minimum Gasteiger partial charge on any atom is -0.496 e. The topological polar surface area (TPSA) is 35.2 Å². The van der Waals surface area contributed by atoms with Gasteiger partial charge in [0.2, 0.25) is 0 Å². The lowest BCUT2D eigenvalue weighted by Gasteiger charge is -2.22. The highest BCUT2D eigenvalue weighted by atomic mass is 35.5. The summed E-state index contributed by atoms with van der Waals surface area (Å²) in [4.78, 5) is 0. The van der Waals surface area contributed by atoms with E-state index in [4.69, 9.17) is 22.1 Å². The lowest BCUT2D eigenvalue weighted by molar-refractivity contribution is 0.407. The van der Waals surface area contributed by atoms with Crippen LogP contribution in [0.5, 0.6) is 5.75 Å². The third-order valence-electron chi connectivity index (χ3n) is 2.67. The molecule has 0 aliphatic rings. The average molecular weight is 242 g/mol. The van der Waals surface area contributed by atoms with E-state index in [1.807, 2.05) is 33.8 Å². The molecule has 2 N–H and O–H groups in total. The third kappa shape index (κ3) is 2.89. The quantitative estimate of drug-likeness (QED) is 0.882. The van der Waals surface area contributed by atoms with Crippen molar-refractivity contribution >= 4 is 11.6 Å². The molecule has 0 atom stereocenters. The normalized spacial score (nSPS) is 11.7. The summed E-state index contributed by atoms with van der Waals surface area (Å²) in [6.07, 6.45) is 0.787. The number of rotatable bonds is 3. The Morgan fingerprint density at radius 3 is 2.31 bits per heavy atom. The van der Waals surface area contributed by atoms with Crippen LogP contribution in [0.1, 0.15) is 30.5 Å². The Morgan fingerprint density at radius 1 is 1.31 bits per heavy atom. The van der Waals surface area contributed by atoms with Crippen molar-refractivity contribution in [2.45, 2.75) is 39.7 Å². The van der Waals surface area contributed by atoms with Crippen molar-refractivity contribution in [3.05, 3.63) is 27.8 Å². The van der Waals surface area contributed by atoms with Gasteiger partial charge in [-0.25, -0.2) is 0 Å². The van der Waals surface area contributed by atoms with E-state index in [2.05, 4.69) is 0 Å². The number of ether oxygens (including phenoxy) is 1. The van der Waals surface area contributed by atoms with Gasteiger partial charge in [-0.05, 0) is 51.3 Å². The first kappa shape index (κ1) is 13.3. The van der Waals surface area contributed by atoms with Crippen LogP contribution in [0.2, 0.25) is 5.02 Å². The maximum absolute atomic E-state index is 6.18. The minimum absolute atomic E-state index is 0.242. The van der Waals surface area contributed by atoms with Gasteiger partial charge in [0.25, 0.3) is 0 Å². The number of hydrogen-bond acceptors (Lipinski definition) is 2. The molecule has 1 rings (SSSR count). The molecule has 0 saturated heterocycles. The van der Waals surface area contributed by atoms with Gasteiger partial charge in [-0.15, -0.1) is 0 Å². The zero-order chi connectivity index (χ0) is 12.5. The molecule has 90 valence electrons. The summed E-state index contributed by atoms with van der Waals surface area (Å²) in [5, 5.41) is 0.738. The lowest BCUT2D eigenvalue weighted by atomic mass is 9.92. The van der Waals surface area contributed by atoms with Crippen molar-refractivity contribution in [1.29, 1.82) is 0 Å². The van der Waals surface area contributed by atoms with Crippen molar-refractivity contribution in [3.63, 3.8) is 0 Å². The molecule has 1 aromatic carbocycles. The predicted molar refractivity (Wildman–Crippen MR) is 69.4 cm³/mol. The van der Waals surface area contributed by atoms with Crippen molar-refractivity contribution in [2.75, 3.05) is 7.11 Å². The molecule has 0 heterocycles. The van der Waals surface area contributed by atoms with Gasteiger partial charge in [0, 0.05) is 16.1 Å². The summed E-state index contributed by atoms with van der Waals surface area (Å²) in [6.45, 7) is 8.02. The van der Waals surface area contributed by atoms with Gasteiger partial charge in [-0.2, -0.15) is 0 Å². The molecule has 0 spiro atoms. The van der Waals surface area contributed by atoms with Gasteiger partial charge in [0.05, 0.1) is 7.11 Å². The molecule has 0 bridgehead atoms. The Kier molecular flexibility index (Phi) is 3.87. The predicted octanol–water partition coefficient (Wildman–Crippen LogP) is 3.25. The Balaban J connectivity index is 3.26. The van der Waals surface area contributed by atoms with Gasteiger partial charge >= 0.3 is 0 Å². The third-order valence-corrected chi connectivity index (χ3v) is 3.06. The van der Waals surface area contributed by atoms with Crippen LogP contribution >= 0.6 is 11.6 Å². The zero-order valence-electron chi connectivity index (χ0n) is 10.6. The number of methoxy groups -OCH3 is 1. The maximum atomic E-state index is 6.18. The van der Waals surface area contributed by atoms with E-state index in [-0.39, 0.29) is 5.54 Å². The second kappa shape index (κ2) is 4.64. The Morgan fingerprint density at radius 2 is 1.88 bits per heavy atom. The van der Waals surface area contributed by atoms with E-state index in [1.54, 1.807) is 7.11 Å². The molecule has 3 heteroatoms. The lowest BCUT2D eigenvalue weighted by Crippen LogP contribution is -2.34. The summed E-state index contributed by atoms with van der Waals surface area (Å²) < 4.78 is 5.39. The van der Waals surface area contributed by atoms with E-state index in [0.717, 1.165) is 33.9 Å². The highest BCUT2D eigenvalue weighted by Gasteiger charge is 2.17. The van der Waals surface area contributed by atoms with Crippen LogP contribution in [0, 0.1) is 13.8 Å². The van der Waals surface area contributed by atoms with Crippen LogP contribution in [-0.4, -0.2) is 12.6 Å². The molecule has 0 saturated carbocycles. The molecular weight excluding hydrogens is 222 g/mol. The molecule has 0 unspecified atom stereocenters. The molecule has 1 aromatic rings. The first-order chi connectivity index (χ1) is 7.26. The Labute approximate surface area is 103 Å². The molecule has 16 heavy (non-hydrogen) atoms. The highest BCUT2D eigenvalue weighted by molar-refractivity contribution is 6.31. The fourth-order valence-corrected chi connectivity index (χ4v) is 2.10. The van der Waals surface area contributed by atoms with Gasteiger partial charge in [-0.1, -0.05) is 11.6 Å². The molecule has 0 amide bonds. The van der Waals surface area contributed by atoms with E-state index in [1.165, 1.54) is 0 Å². The molecule has 2 nitrogen and oxygen atoms in total. The van der Waals surface area contributed by atoms with Crippen molar-refractivity contribution in [2.24, 2.45) is 5.73 Å². The molecule has 0 aliphatic carbocycles. The molecule has 0 fully saturated rings. The standard InChI is InChI=1S/C13H20ClNO/c1-8-10(7-13(3,4)15)6-11(14)9(2)12(8)16-5/h6H,7,15H2,1-5H3. The summed E-state index contributed by atoms with van der Waals surface area (Å²) in [5.74, 6) is 0.867. The smallest absolute Gasteiger partial charge is 0.126 e. The number of nitrogens with two attached hydrogens (primary N) is 1. The van der Waals surface area contributed by atoms with Crippen LogP contribution in [-0.2, 0) is 6.42 Å². The maximum Gasteiger partial charge on any atom is 0.126 e. The van der Waals surface area contributed by atoms with E-state index < -0.39 is 0 Å². The Bertz CT molecular complexity index is 394. The van der Waals surface area contributed by atoms with E-state index >= 15 is 0 Å². The van der Waals surface area contributed by atoms with Crippen molar-refractivity contribution < 1.29 is 4.74 Å². The van der Waals surface area contributed by atoms with Crippen LogP contribution in [0.15, 0.2) is 6.07 Å². The van der Waals surface area contributed by atoms with Crippen LogP contribution < -0.4 is 10.5 Å². The fraction of sp³-hybridized carbons (Fsp3) is 0.538. The number of halogens is 1. The largest absolute Gasteiger partial charge is 0.496 e. The van der Waals surface area contributed by atoms with E-state index in [0.29, 0.717) is 0 Å². The van der Waals surface area contributed by atoms with Gasteiger partial charge in [-0.3, -0.25) is 0 Å². The van der Waals surface area contributed by atoms with Crippen molar-refractivity contribution in [3.8, 4) is 5.75 Å². The number of benzene rings is 1. The number of hydrogen-bond donors (Lipinski definition) is 1. The second-order valence-electron chi connectivity index (χ2n) is 4.97. The van der Waals surface area contributed by atoms with Crippen LogP contribution in [0.4, 0.5) is 0 Å². The Hall–Kier alpha value is -0.730. The summed E-state index contributed by atoms with van der Waals surface area (Å²) >= 11 is 6.18. The molecule has 0 radical (unpaired) electrons. The first-order valence-corrected chi connectivity index (χ1v) is 5.75. The zero-order valence-corrected chi connectivity index (χ0v) is 11.4. The first-order valence-electron chi connectivity index (χ1n) is 5.37. The average Bonchev–Trinajstić information content (AvgIpc) is 2.13. The van der Waals surface area contributed by atoms with Crippen molar-refractivity contribution in [1.82, 2.24) is 0 Å². The molecular formula is C13H20ClNO. The SMILES string of the molecule is COc1c(C)c(Cl)cc(CC(C)(C)N)c1C.